The highest BCUT2D eigenvalue weighted by Gasteiger charge is 2.08. The van der Waals surface area contributed by atoms with Gasteiger partial charge in [-0.05, 0) is 35.7 Å². The van der Waals surface area contributed by atoms with E-state index < -0.39 is 0 Å². The third kappa shape index (κ3) is 3.07. The van der Waals surface area contributed by atoms with Gasteiger partial charge in [0.1, 0.15) is 6.33 Å². The first-order chi connectivity index (χ1) is 10.6. The van der Waals surface area contributed by atoms with Crippen LogP contribution in [0, 0.1) is 5.92 Å². The maximum atomic E-state index is 11.7. The van der Waals surface area contributed by atoms with Crippen LogP contribution < -0.4 is 10.6 Å². The fraction of sp³-hybridized carbons (Fsp3) is 0.188. The third-order valence-corrected chi connectivity index (χ3v) is 4.09. The topological polar surface area (TPSA) is 66.9 Å². The Morgan fingerprint density at radius 3 is 2.55 bits per heavy atom. The number of nitrogens with one attached hydrogen (secondary N) is 2. The van der Waals surface area contributed by atoms with Crippen molar-refractivity contribution in [2.45, 2.75) is 13.8 Å². The molecule has 2 heterocycles. The zero-order chi connectivity index (χ0) is 15.5. The summed E-state index contributed by atoms with van der Waals surface area (Å²) in [4.78, 5) is 20.2. The van der Waals surface area contributed by atoms with Crippen molar-refractivity contribution in [3.05, 3.63) is 42.0 Å². The summed E-state index contributed by atoms with van der Waals surface area (Å²) in [6, 6.07) is 9.54. The van der Waals surface area contributed by atoms with Crippen LogP contribution in [-0.2, 0) is 4.79 Å². The van der Waals surface area contributed by atoms with Crippen molar-refractivity contribution in [2.75, 3.05) is 10.6 Å². The highest BCUT2D eigenvalue weighted by Crippen LogP contribution is 2.27. The van der Waals surface area contributed by atoms with Gasteiger partial charge in [0.25, 0.3) is 0 Å². The molecule has 2 aromatic heterocycles. The minimum atomic E-state index is -0.0362. The molecule has 1 aromatic carbocycles. The van der Waals surface area contributed by atoms with Crippen LogP contribution in [0.15, 0.2) is 42.0 Å². The Labute approximate surface area is 132 Å². The van der Waals surface area contributed by atoms with Gasteiger partial charge in [-0.25, -0.2) is 9.97 Å². The number of aromatic nitrogens is 2. The van der Waals surface area contributed by atoms with Crippen LogP contribution in [0.2, 0.25) is 0 Å². The minimum Gasteiger partial charge on any atom is -0.339 e. The van der Waals surface area contributed by atoms with E-state index in [0.717, 1.165) is 27.4 Å². The Morgan fingerprint density at radius 2 is 1.82 bits per heavy atom. The molecule has 0 saturated heterocycles. The smallest absolute Gasteiger partial charge is 0.226 e. The number of amides is 1. The van der Waals surface area contributed by atoms with Crippen LogP contribution in [0.3, 0.4) is 0 Å². The van der Waals surface area contributed by atoms with E-state index in [0.29, 0.717) is 0 Å². The van der Waals surface area contributed by atoms with E-state index in [4.69, 9.17) is 0 Å². The fourth-order valence-electron chi connectivity index (χ4n) is 1.94. The first kappa shape index (κ1) is 14.5. The first-order valence-corrected chi connectivity index (χ1v) is 7.87. The van der Waals surface area contributed by atoms with Gasteiger partial charge in [0.2, 0.25) is 5.91 Å². The van der Waals surface area contributed by atoms with Crippen LogP contribution in [0.5, 0.6) is 0 Å². The molecule has 1 amide bonds. The summed E-state index contributed by atoms with van der Waals surface area (Å²) in [5.41, 5.74) is 2.63. The Balaban J connectivity index is 1.76. The highest BCUT2D eigenvalue weighted by molar-refractivity contribution is 7.17. The summed E-state index contributed by atoms with van der Waals surface area (Å²) in [7, 11) is 0. The summed E-state index contributed by atoms with van der Waals surface area (Å²) in [5, 5.41) is 8.15. The average Bonchev–Trinajstić information content (AvgIpc) is 2.98. The third-order valence-electron chi connectivity index (χ3n) is 3.18. The van der Waals surface area contributed by atoms with Crippen molar-refractivity contribution < 1.29 is 4.79 Å². The van der Waals surface area contributed by atoms with Gasteiger partial charge in [-0.15, -0.1) is 11.3 Å². The van der Waals surface area contributed by atoms with Crippen molar-refractivity contribution in [1.82, 2.24) is 9.97 Å². The fourth-order valence-corrected chi connectivity index (χ4v) is 2.73. The molecule has 3 aromatic rings. The summed E-state index contributed by atoms with van der Waals surface area (Å²) >= 11 is 1.60. The molecular weight excluding hydrogens is 296 g/mol. The Kier molecular flexibility index (Phi) is 4.02. The predicted octanol–water partition coefficient (Wildman–Crippen LogP) is 4.03. The molecule has 5 nitrogen and oxygen atoms in total. The van der Waals surface area contributed by atoms with E-state index in [1.165, 1.54) is 0 Å². The van der Waals surface area contributed by atoms with E-state index >= 15 is 0 Å². The van der Waals surface area contributed by atoms with Crippen LogP contribution in [0.25, 0.3) is 10.2 Å². The van der Waals surface area contributed by atoms with Crippen molar-refractivity contribution in [1.29, 1.82) is 0 Å². The van der Waals surface area contributed by atoms with E-state index in [1.54, 1.807) is 17.7 Å². The molecule has 112 valence electrons. The van der Waals surface area contributed by atoms with Gasteiger partial charge < -0.3 is 10.6 Å². The number of hydrogen-bond acceptors (Lipinski definition) is 5. The van der Waals surface area contributed by atoms with Crippen LogP contribution in [0.4, 0.5) is 17.2 Å². The second-order valence-electron chi connectivity index (χ2n) is 5.20. The molecule has 0 radical (unpaired) electrons. The number of carbonyl (C=O) groups excluding carboxylic acids is 1. The van der Waals surface area contributed by atoms with Crippen molar-refractivity contribution in [3.63, 3.8) is 0 Å². The van der Waals surface area contributed by atoms with Gasteiger partial charge in [0.15, 0.2) is 5.82 Å². The SMILES string of the molecule is CC(C)C(=O)Nc1ccc(Nc2ncnc3ccsc23)cc1. The molecule has 6 heteroatoms. The highest BCUT2D eigenvalue weighted by atomic mass is 32.1. The van der Waals surface area contributed by atoms with E-state index in [1.807, 2.05) is 49.6 Å². The molecule has 0 spiro atoms. The second-order valence-corrected chi connectivity index (χ2v) is 6.12. The Bertz CT molecular complexity index is 795. The van der Waals surface area contributed by atoms with Gasteiger partial charge in [0.05, 0.1) is 10.2 Å². The van der Waals surface area contributed by atoms with Gasteiger partial charge in [-0.2, -0.15) is 0 Å². The monoisotopic (exact) mass is 312 g/mol. The number of fused-ring (bicyclic) bond motifs is 1. The molecule has 0 aliphatic rings. The van der Waals surface area contributed by atoms with E-state index in [2.05, 4.69) is 20.6 Å². The summed E-state index contributed by atoms with van der Waals surface area (Å²) in [6.07, 6.45) is 1.55. The predicted molar refractivity (Wildman–Crippen MR) is 90.6 cm³/mol. The lowest BCUT2D eigenvalue weighted by atomic mass is 10.2. The molecule has 0 aliphatic carbocycles. The largest absolute Gasteiger partial charge is 0.339 e. The van der Waals surface area contributed by atoms with Gasteiger partial charge in [-0.3, -0.25) is 4.79 Å². The molecule has 22 heavy (non-hydrogen) atoms. The number of rotatable bonds is 4. The van der Waals surface area contributed by atoms with E-state index in [-0.39, 0.29) is 11.8 Å². The Morgan fingerprint density at radius 1 is 1.09 bits per heavy atom. The standard InChI is InChI=1S/C16H16N4OS/c1-10(2)16(21)20-12-5-3-11(4-6-12)19-15-14-13(7-8-22-14)17-9-18-15/h3-10H,1-2H3,(H,20,21)(H,17,18,19). The maximum Gasteiger partial charge on any atom is 0.226 e. The maximum absolute atomic E-state index is 11.7. The average molecular weight is 312 g/mol. The van der Waals surface area contributed by atoms with Crippen LogP contribution in [0.1, 0.15) is 13.8 Å². The lowest BCUT2D eigenvalue weighted by molar-refractivity contribution is -0.118. The zero-order valence-corrected chi connectivity index (χ0v) is 13.1. The Hall–Kier alpha value is -2.47. The molecule has 0 saturated carbocycles. The molecule has 0 unspecified atom stereocenters. The lowest BCUT2D eigenvalue weighted by Gasteiger charge is -2.09. The molecule has 0 atom stereocenters. The lowest BCUT2D eigenvalue weighted by Crippen LogP contribution is -2.17. The number of carbonyl (C=O) groups is 1. The zero-order valence-electron chi connectivity index (χ0n) is 12.3. The van der Waals surface area contributed by atoms with Crippen LogP contribution >= 0.6 is 11.3 Å². The van der Waals surface area contributed by atoms with Crippen molar-refractivity contribution >= 4 is 44.7 Å². The molecule has 3 rings (SSSR count). The van der Waals surface area contributed by atoms with Crippen molar-refractivity contribution in [3.8, 4) is 0 Å². The number of thiophene rings is 1. The second kappa shape index (κ2) is 6.11. The first-order valence-electron chi connectivity index (χ1n) is 6.99. The number of benzene rings is 1. The molecule has 0 bridgehead atoms. The number of hydrogen-bond donors (Lipinski definition) is 2. The van der Waals surface area contributed by atoms with Crippen LogP contribution in [-0.4, -0.2) is 15.9 Å². The molecule has 0 aliphatic heterocycles. The number of nitrogens with zero attached hydrogens (tertiary/aromatic N) is 2. The normalized spacial score (nSPS) is 10.9. The quantitative estimate of drug-likeness (QED) is 0.763. The summed E-state index contributed by atoms with van der Waals surface area (Å²) in [6.45, 7) is 3.74. The summed E-state index contributed by atoms with van der Waals surface area (Å²) < 4.78 is 1.03. The number of anilines is 3. The van der Waals surface area contributed by atoms with Gasteiger partial charge in [-0.1, -0.05) is 13.8 Å². The molecule has 0 fully saturated rings. The summed E-state index contributed by atoms with van der Waals surface area (Å²) in [5.74, 6) is 0.765. The molecular formula is C16H16N4OS. The minimum absolute atomic E-state index is 0.0109. The van der Waals surface area contributed by atoms with E-state index in [9.17, 15) is 4.79 Å². The molecule has 2 N–H and O–H groups in total. The van der Waals surface area contributed by atoms with Gasteiger partial charge >= 0.3 is 0 Å². The van der Waals surface area contributed by atoms with Gasteiger partial charge in [0, 0.05) is 17.3 Å². The van der Waals surface area contributed by atoms with Crippen molar-refractivity contribution in [2.24, 2.45) is 5.92 Å².